The summed E-state index contributed by atoms with van der Waals surface area (Å²) in [4.78, 5) is 0. The van der Waals surface area contributed by atoms with Gasteiger partial charge in [0.05, 0.1) is 5.25 Å². The molecule has 0 saturated carbocycles. The van der Waals surface area contributed by atoms with Gasteiger partial charge in [0.25, 0.3) is 0 Å². The molecule has 1 aliphatic rings. The van der Waals surface area contributed by atoms with Gasteiger partial charge in [-0.05, 0) is 39.3 Å². The molecule has 18 heavy (non-hydrogen) atoms. The average molecular weight is 276 g/mol. The lowest BCUT2D eigenvalue weighted by atomic mass is 10.1. The Balaban J connectivity index is 2.30. The van der Waals surface area contributed by atoms with Crippen LogP contribution in [0.4, 0.5) is 0 Å². The number of piperidine rings is 1. The van der Waals surface area contributed by atoms with E-state index in [-0.39, 0.29) is 11.3 Å². The van der Waals surface area contributed by atoms with Gasteiger partial charge in [0.15, 0.2) is 0 Å². The predicted octanol–water partition coefficient (Wildman–Crippen LogP) is 2.02. The zero-order chi connectivity index (χ0) is 13.4. The molecule has 0 amide bonds. The monoisotopic (exact) mass is 276 g/mol. The van der Waals surface area contributed by atoms with Gasteiger partial charge in [0.2, 0.25) is 10.0 Å². The summed E-state index contributed by atoms with van der Waals surface area (Å²) >= 11 is 0. The maximum absolute atomic E-state index is 12.1. The van der Waals surface area contributed by atoms with Gasteiger partial charge in [-0.3, -0.25) is 0 Å². The normalized spacial score (nSPS) is 19.9. The molecule has 0 aromatic rings. The van der Waals surface area contributed by atoms with E-state index >= 15 is 0 Å². The van der Waals surface area contributed by atoms with E-state index in [1.807, 2.05) is 6.92 Å². The number of hydrogen-bond acceptors (Lipinski definition) is 3. The van der Waals surface area contributed by atoms with Crippen molar-refractivity contribution in [2.45, 2.75) is 70.1 Å². The van der Waals surface area contributed by atoms with E-state index < -0.39 is 10.0 Å². The minimum absolute atomic E-state index is 0.0711. The molecule has 2 N–H and O–H groups in total. The lowest BCUT2D eigenvalue weighted by Crippen LogP contribution is -2.44. The van der Waals surface area contributed by atoms with Crippen LogP contribution in [0.2, 0.25) is 0 Å². The van der Waals surface area contributed by atoms with Crippen LogP contribution in [0.1, 0.15) is 58.8 Å². The van der Waals surface area contributed by atoms with Gasteiger partial charge in [-0.15, -0.1) is 0 Å². The van der Waals surface area contributed by atoms with Gasteiger partial charge >= 0.3 is 0 Å². The Morgan fingerprint density at radius 3 is 2.50 bits per heavy atom. The van der Waals surface area contributed by atoms with Crippen LogP contribution in [-0.4, -0.2) is 32.8 Å². The van der Waals surface area contributed by atoms with Crippen LogP contribution in [0.25, 0.3) is 0 Å². The molecule has 1 atom stereocenters. The number of hydrogen-bond donors (Lipinski definition) is 2. The summed E-state index contributed by atoms with van der Waals surface area (Å²) in [5.74, 6) is 0. The highest BCUT2D eigenvalue weighted by Gasteiger charge is 2.27. The molecule has 5 heteroatoms. The van der Waals surface area contributed by atoms with Crippen molar-refractivity contribution in [2.24, 2.45) is 0 Å². The Morgan fingerprint density at radius 1 is 1.22 bits per heavy atom. The zero-order valence-corrected chi connectivity index (χ0v) is 12.6. The summed E-state index contributed by atoms with van der Waals surface area (Å²) in [6, 6.07) is 0.0711. The first-order valence-corrected chi connectivity index (χ1v) is 8.82. The SMILES string of the molecule is CCCCCCC(C)NS(=O)(=O)C1CCNCC1. The van der Waals surface area contributed by atoms with Crippen molar-refractivity contribution in [3.63, 3.8) is 0 Å². The molecule has 0 aromatic heterocycles. The molecule has 1 rings (SSSR count). The van der Waals surface area contributed by atoms with Crippen LogP contribution in [0.15, 0.2) is 0 Å². The molecule has 0 spiro atoms. The number of unbranched alkanes of at least 4 members (excludes halogenated alkanes) is 3. The second-order valence-electron chi connectivity index (χ2n) is 5.36. The minimum Gasteiger partial charge on any atom is -0.317 e. The number of rotatable bonds is 8. The second kappa shape index (κ2) is 8.12. The third kappa shape index (κ3) is 5.67. The Hall–Kier alpha value is -0.130. The van der Waals surface area contributed by atoms with E-state index in [1.54, 1.807) is 0 Å². The summed E-state index contributed by atoms with van der Waals surface area (Å²) in [7, 11) is -3.12. The van der Waals surface area contributed by atoms with E-state index in [0.29, 0.717) is 0 Å². The highest BCUT2D eigenvalue weighted by molar-refractivity contribution is 7.90. The van der Waals surface area contributed by atoms with E-state index in [9.17, 15) is 8.42 Å². The third-order valence-electron chi connectivity index (χ3n) is 3.58. The van der Waals surface area contributed by atoms with Crippen LogP contribution in [-0.2, 0) is 10.0 Å². The molecule has 1 heterocycles. The van der Waals surface area contributed by atoms with Gasteiger partial charge < -0.3 is 5.32 Å². The standard InChI is InChI=1S/C13H28N2O2S/c1-3-4-5-6-7-12(2)15-18(16,17)13-8-10-14-11-9-13/h12-15H,3-11H2,1-2H3. The summed E-state index contributed by atoms with van der Waals surface area (Å²) in [5, 5.41) is 3.00. The fourth-order valence-electron chi connectivity index (χ4n) is 2.42. The lowest BCUT2D eigenvalue weighted by molar-refractivity contribution is 0.474. The molecule has 4 nitrogen and oxygen atoms in total. The Kier molecular flexibility index (Phi) is 7.19. The molecule has 0 bridgehead atoms. The smallest absolute Gasteiger partial charge is 0.214 e. The van der Waals surface area contributed by atoms with E-state index in [4.69, 9.17) is 0 Å². The van der Waals surface area contributed by atoms with E-state index in [1.165, 1.54) is 19.3 Å². The first-order chi connectivity index (χ1) is 8.56. The Labute approximate surface area is 112 Å². The molecule has 0 radical (unpaired) electrons. The topological polar surface area (TPSA) is 58.2 Å². The maximum Gasteiger partial charge on any atom is 0.214 e. The molecule has 1 saturated heterocycles. The van der Waals surface area contributed by atoms with Gasteiger partial charge in [-0.1, -0.05) is 32.6 Å². The molecular formula is C13H28N2O2S. The third-order valence-corrected chi connectivity index (χ3v) is 5.66. The molecule has 1 unspecified atom stereocenters. The quantitative estimate of drug-likeness (QED) is 0.667. The fraction of sp³-hybridized carbons (Fsp3) is 1.00. The van der Waals surface area contributed by atoms with E-state index in [2.05, 4.69) is 17.0 Å². The van der Waals surface area contributed by atoms with Crippen LogP contribution in [0, 0.1) is 0 Å². The van der Waals surface area contributed by atoms with Crippen LogP contribution in [0.3, 0.4) is 0 Å². The van der Waals surface area contributed by atoms with Crippen molar-refractivity contribution in [1.29, 1.82) is 0 Å². The van der Waals surface area contributed by atoms with Crippen molar-refractivity contribution in [3.8, 4) is 0 Å². The molecular weight excluding hydrogens is 248 g/mol. The highest BCUT2D eigenvalue weighted by atomic mass is 32.2. The molecule has 1 aliphatic heterocycles. The molecule has 1 fully saturated rings. The van der Waals surface area contributed by atoms with E-state index in [0.717, 1.165) is 38.8 Å². The second-order valence-corrected chi connectivity index (χ2v) is 7.35. The van der Waals surface area contributed by atoms with Gasteiger partial charge in [0, 0.05) is 6.04 Å². The molecule has 108 valence electrons. The van der Waals surface area contributed by atoms with Crippen molar-refractivity contribution < 1.29 is 8.42 Å². The summed E-state index contributed by atoms with van der Waals surface area (Å²) < 4.78 is 27.1. The van der Waals surface area contributed by atoms with Crippen molar-refractivity contribution in [3.05, 3.63) is 0 Å². The maximum atomic E-state index is 12.1. The molecule has 0 aromatic carbocycles. The summed E-state index contributed by atoms with van der Waals surface area (Å²) in [6.45, 7) is 5.79. The number of nitrogens with one attached hydrogen (secondary N) is 2. The minimum atomic E-state index is -3.12. The van der Waals surface area contributed by atoms with Gasteiger partial charge in [0.1, 0.15) is 0 Å². The summed E-state index contributed by atoms with van der Waals surface area (Å²) in [5.41, 5.74) is 0. The number of sulfonamides is 1. The average Bonchev–Trinajstić information content (AvgIpc) is 2.35. The zero-order valence-electron chi connectivity index (χ0n) is 11.7. The van der Waals surface area contributed by atoms with Crippen molar-refractivity contribution in [1.82, 2.24) is 10.0 Å². The van der Waals surface area contributed by atoms with Gasteiger partial charge in [-0.2, -0.15) is 0 Å². The lowest BCUT2D eigenvalue weighted by Gasteiger charge is -2.25. The highest BCUT2D eigenvalue weighted by Crippen LogP contribution is 2.14. The Bertz CT molecular complexity index is 311. The Morgan fingerprint density at radius 2 is 1.89 bits per heavy atom. The van der Waals surface area contributed by atoms with Gasteiger partial charge in [-0.25, -0.2) is 13.1 Å². The first-order valence-electron chi connectivity index (χ1n) is 7.28. The largest absolute Gasteiger partial charge is 0.317 e. The summed E-state index contributed by atoms with van der Waals surface area (Å²) in [6.07, 6.45) is 7.20. The van der Waals surface area contributed by atoms with Crippen LogP contribution >= 0.6 is 0 Å². The molecule has 0 aliphatic carbocycles. The fourth-order valence-corrected chi connectivity index (χ4v) is 4.15. The first kappa shape index (κ1) is 15.9. The van der Waals surface area contributed by atoms with Crippen LogP contribution < -0.4 is 10.0 Å². The predicted molar refractivity (Wildman–Crippen MR) is 76.2 cm³/mol. The van der Waals surface area contributed by atoms with Crippen molar-refractivity contribution in [2.75, 3.05) is 13.1 Å². The van der Waals surface area contributed by atoms with Crippen molar-refractivity contribution >= 4 is 10.0 Å². The van der Waals surface area contributed by atoms with Crippen LogP contribution in [0.5, 0.6) is 0 Å².